The van der Waals surface area contributed by atoms with E-state index in [1.54, 1.807) is 12.4 Å². The molecule has 1 fully saturated rings. The van der Waals surface area contributed by atoms with Gasteiger partial charge < -0.3 is 9.84 Å². The van der Waals surface area contributed by atoms with Crippen molar-refractivity contribution < 1.29 is 14.6 Å². The van der Waals surface area contributed by atoms with Crippen molar-refractivity contribution in [2.24, 2.45) is 0 Å². The van der Waals surface area contributed by atoms with E-state index in [1.165, 1.54) is 5.56 Å². The maximum Gasteiger partial charge on any atom is 0.306 e. The Kier molecular flexibility index (Phi) is 4.28. The van der Waals surface area contributed by atoms with Gasteiger partial charge in [0.25, 0.3) is 0 Å². The van der Waals surface area contributed by atoms with Crippen LogP contribution in [0.15, 0.2) is 24.5 Å². The molecule has 1 saturated heterocycles. The summed E-state index contributed by atoms with van der Waals surface area (Å²) in [7, 11) is 0. The molecule has 2 unspecified atom stereocenters. The third kappa shape index (κ3) is 3.27. The topological polar surface area (TPSA) is 62.7 Å². The lowest BCUT2D eigenvalue weighted by atomic mass is 10.1. The Morgan fingerprint density at radius 3 is 3.00 bits per heavy atom. The van der Waals surface area contributed by atoms with E-state index in [2.05, 4.69) is 16.8 Å². The zero-order chi connectivity index (χ0) is 13.0. The zero-order valence-corrected chi connectivity index (χ0v) is 10.5. The molecule has 0 amide bonds. The van der Waals surface area contributed by atoms with E-state index in [9.17, 15) is 4.79 Å². The van der Waals surface area contributed by atoms with Crippen LogP contribution in [0.2, 0.25) is 0 Å². The fourth-order valence-corrected chi connectivity index (χ4v) is 2.26. The van der Waals surface area contributed by atoms with E-state index in [1.807, 2.05) is 12.1 Å². The van der Waals surface area contributed by atoms with Crippen molar-refractivity contribution in [1.82, 2.24) is 9.88 Å². The molecule has 1 aromatic heterocycles. The first kappa shape index (κ1) is 13.0. The van der Waals surface area contributed by atoms with Gasteiger partial charge in [0.15, 0.2) is 0 Å². The van der Waals surface area contributed by atoms with E-state index in [4.69, 9.17) is 9.84 Å². The average Bonchev–Trinajstić information content (AvgIpc) is 2.38. The lowest BCUT2D eigenvalue weighted by Gasteiger charge is -2.36. The average molecular weight is 250 g/mol. The molecular weight excluding hydrogens is 232 g/mol. The fraction of sp³-hybridized carbons (Fsp3) is 0.538. The van der Waals surface area contributed by atoms with Crippen LogP contribution in [0.25, 0.3) is 0 Å². The Morgan fingerprint density at radius 1 is 1.61 bits per heavy atom. The summed E-state index contributed by atoms with van der Waals surface area (Å²) in [6.07, 6.45) is 3.42. The van der Waals surface area contributed by atoms with Gasteiger partial charge in [-0.15, -0.1) is 0 Å². The molecule has 0 spiro atoms. The Bertz CT molecular complexity index is 396. The van der Waals surface area contributed by atoms with E-state index >= 15 is 0 Å². The Hall–Kier alpha value is -1.46. The number of pyridine rings is 1. The van der Waals surface area contributed by atoms with Gasteiger partial charge in [0, 0.05) is 31.5 Å². The summed E-state index contributed by atoms with van der Waals surface area (Å²) >= 11 is 0. The molecule has 2 heterocycles. The van der Waals surface area contributed by atoms with E-state index < -0.39 is 5.97 Å². The molecule has 5 heteroatoms. The molecule has 0 aromatic carbocycles. The van der Waals surface area contributed by atoms with Crippen molar-refractivity contribution in [2.45, 2.75) is 25.5 Å². The van der Waals surface area contributed by atoms with Crippen LogP contribution >= 0.6 is 0 Å². The number of carboxylic acids is 1. The minimum Gasteiger partial charge on any atom is -0.481 e. The molecule has 18 heavy (non-hydrogen) atoms. The van der Waals surface area contributed by atoms with E-state index in [0.29, 0.717) is 13.2 Å². The molecule has 98 valence electrons. The van der Waals surface area contributed by atoms with Gasteiger partial charge in [-0.2, -0.15) is 0 Å². The number of carboxylic acid groups (broad SMARTS) is 1. The second-order valence-corrected chi connectivity index (χ2v) is 4.54. The van der Waals surface area contributed by atoms with Crippen molar-refractivity contribution in [3.05, 3.63) is 30.1 Å². The predicted octanol–water partition coefficient (Wildman–Crippen LogP) is 1.32. The van der Waals surface area contributed by atoms with E-state index in [-0.39, 0.29) is 18.6 Å². The lowest BCUT2D eigenvalue weighted by molar-refractivity contribution is -0.142. The highest BCUT2D eigenvalue weighted by atomic mass is 16.5. The van der Waals surface area contributed by atoms with Gasteiger partial charge in [0.2, 0.25) is 0 Å². The first-order chi connectivity index (χ1) is 8.66. The van der Waals surface area contributed by atoms with Gasteiger partial charge in [0.05, 0.1) is 19.1 Å². The van der Waals surface area contributed by atoms with Crippen molar-refractivity contribution in [1.29, 1.82) is 0 Å². The summed E-state index contributed by atoms with van der Waals surface area (Å²) in [4.78, 5) is 17.0. The Morgan fingerprint density at radius 2 is 2.33 bits per heavy atom. The van der Waals surface area contributed by atoms with Crippen LogP contribution < -0.4 is 0 Å². The highest BCUT2D eigenvalue weighted by Gasteiger charge is 2.26. The Labute approximate surface area is 106 Å². The molecule has 0 radical (unpaired) electrons. The van der Waals surface area contributed by atoms with Crippen molar-refractivity contribution >= 4 is 5.97 Å². The van der Waals surface area contributed by atoms with Gasteiger partial charge in [-0.3, -0.25) is 14.7 Å². The SMILES string of the molecule is CC(c1ccncc1)N1CCOC(CC(=O)O)C1. The molecule has 0 aliphatic carbocycles. The van der Waals surface area contributed by atoms with Crippen LogP contribution in [0.4, 0.5) is 0 Å². The van der Waals surface area contributed by atoms with Crippen LogP contribution in [0.1, 0.15) is 24.9 Å². The number of aromatic nitrogens is 1. The molecule has 0 saturated carbocycles. The summed E-state index contributed by atoms with van der Waals surface area (Å²) in [6.45, 7) is 4.21. The molecular formula is C13H18N2O3. The number of ether oxygens (including phenoxy) is 1. The summed E-state index contributed by atoms with van der Waals surface area (Å²) < 4.78 is 5.47. The van der Waals surface area contributed by atoms with Crippen molar-refractivity contribution in [3.8, 4) is 0 Å². The Balaban J connectivity index is 1.98. The third-order valence-electron chi connectivity index (χ3n) is 3.31. The minimum absolute atomic E-state index is 0.0690. The first-order valence-corrected chi connectivity index (χ1v) is 6.14. The van der Waals surface area contributed by atoms with Crippen molar-refractivity contribution in [2.75, 3.05) is 19.7 Å². The monoisotopic (exact) mass is 250 g/mol. The summed E-state index contributed by atoms with van der Waals surface area (Å²) in [5, 5.41) is 8.80. The fourth-order valence-electron chi connectivity index (χ4n) is 2.26. The minimum atomic E-state index is -0.807. The van der Waals surface area contributed by atoms with Gasteiger partial charge >= 0.3 is 5.97 Å². The lowest BCUT2D eigenvalue weighted by Crippen LogP contribution is -2.44. The number of rotatable bonds is 4. The van der Waals surface area contributed by atoms with Crippen LogP contribution in [0, 0.1) is 0 Å². The maximum absolute atomic E-state index is 10.7. The largest absolute Gasteiger partial charge is 0.481 e. The molecule has 1 aliphatic heterocycles. The molecule has 5 nitrogen and oxygen atoms in total. The zero-order valence-electron chi connectivity index (χ0n) is 10.5. The maximum atomic E-state index is 10.7. The number of nitrogens with zero attached hydrogens (tertiary/aromatic N) is 2. The highest BCUT2D eigenvalue weighted by molar-refractivity contribution is 5.67. The summed E-state index contributed by atoms with van der Waals surface area (Å²) in [5.74, 6) is -0.807. The molecule has 2 atom stereocenters. The first-order valence-electron chi connectivity index (χ1n) is 6.14. The third-order valence-corrected chi connectivity index (χ3v) is 3.31. The standard InChI is InChI=1S/C13H18N2O3/c1-10(11-2-4-14-5-3-11)15-6-7-18-12(9-15)8-13(16)17/h2-5,10,12H,6-9H2,1H3,(H,16,17). The van der Waals surface area contributed by atoms with Crippen LogP contribution in [-0.2, 0) is 9.53 Å². The normalized spacial score (nSPS) is 22.6. The predicted molar refractivity (Wildman–Crippen MR) is 66.2 cm³/mol. The number of morpholine rings is 1. The molecule has 0 bridgehead atoms. The van der Waals surface area contributed by atoms with Crippen molar-refractivity contribution in [3.63, 3.8) is 0 Å². The molecule has 1 aliphatic rings. The second kappa shape index (κ2) is 5.93. The number of hydrogen-bond donors (Lipinski definition) is 1. The quantitative estimate of drug-likeness (QED) is 0.873. The molecule has 1 aromatic rings. The summed E-state index contributed by atoms with van der Waals surface area (Å²) in [5.41, 5.74) is 1.20. The number of carbonyl (C=O) groups is 1. The van der Waals surface area contributed by atoms with Gasteiger partial charge in [-0.1, -0.05) is 0 Å². The molecule has 2 rings (SSSR count). The van der Waals surface area contributed by atoms with Crippen LogP contribution in [-0.4, -0.2) is 46.8 Å². The summed E-state index contributed by atoms with van der Waals surface area (Å²) in [6, 6.07) is 4.24. The van der Waals surface area contributed by atoms with Gasteiger partial charge in [0.1, 0.15) is 0 Å². The number of hydrogen-bond acceptors (Lipinski definition) is 4. The highest BCUT2D eigenvalue weighted by Crippen LogP contribution is 2.22. The molecule has 1 N–H and O–H groups in total. The smallest absolute Gasteiger partial charge is 0.306 e. The van der Waals surface area contributed by atoms with Gasteiger partial charge in [-0.25, -0.2) is 0 Å². The van der Waals surface area contributed by atoms with E-state index in [0.717, 1.165) is 6.54 Å². The second-order valence-electron chi connectivity index (χ2n) is 4.54. The number of aliphatic carboxylic acids is 1. The van der Waals surface area contributed by atoms with Crippen LogP contribution in [0.5, 0.6) is 0 Å². The van der Waals surface area contributed by atoms with Crippen LogP contribution in [0.3, 0.4) is 0 Å². The van der Waals surface area contributed by atoms with Gasteiger partial charge in [-0.05, 0) is 24.6 Å².